The summed E-state index contributed by atoms with van der Waals surface area (Å²) in [4.78, 5) is 15.2. The maximum absolute atomic E-state index is 15.2. The molecule has 0 saturated heterocycles. The lowest BCUT2D eigenvalue weighted by Crippen LogP contribution is -2.23. The van der Waals surface area contributed by atoms with E-state index in [1.807, 2.05) is 10.6 Å². The molecule has 0 amide bonds. The molecule has 0 atom stereocenters. The van der Waals surface area contributed by atoms with E-state index < -0.39 is 0 Å². The Kier molecular flexibility index (Phi) is 8.61. The van der Waals surface area contributed by atoms with Gasteiger partial charge in [-0.15, -0.1) is 0 Å². The van der Waals surface area contributed by atoms with Crippen molar-refractivity contribution in [2.75, 3.05) is 5.32 Å². The largest absolute Gasteiger partial charge is 0.355 e. The molecule has 0 aliphatic rings. The molecule has 5 aromatic carbocycles. The lowest BCUT2D eigenvalue weighted by molar-refractivity contribution is 0.806. The molecule has 3 heteroatoms. The van der Waals surface area contributed by atoms with E-state index in [4.69, 9.17) is 0 Å². The van der Waals surface area contributed by atoms with Gasteiger partial charge in [0.15, 0.2) is 0 Å². The Balaban J connectivity index is 1.69. The maximum Gasteiger partial charge on any atom is 0.264 e. The van der Waals surface area contributed by atoms with Crippen molar-refractivity contribution in [2.24, 2.45) is 0 Å². The van der Waals surface area contributed by atoms with Gasteiger partial charge in [0.25, 0.3) is 5.56 Å². The summed E-state index contributed by atoms with van der Waals surface area (Å²) >= 11 is 0. The summed E-state index contributed by atoms with van der Waals surface area (Å²) in [6.45, 7) is 17.8. The summed E-state index contributed by atoms with van der Waals surface area (Å²) in [6, 6.07) is 36.2. The lowest BCUT2D eigenvalue weighted by atomic mass is 9.90. The van der Waals surface area contributed by atoms with Crippen LogP contribution in [0.3, 0.4) is 0 Å². The van der Waals surface area contributed by atoms with Gasteiger partial charge in [-0.3, -0.25) is 9.36 Å². The van der Waals surface area contributed by atoms with Gasteiger partial charge >= 0.3 is 0 Å². The molecule has 1 heterocycles. The Bertz CT molecular complexity index is 2060. The number of fused-ring (bicyclic) bond motifs is 3. The lowest BCUT2D eigenvalue weighted by Gasteiger charge is -2.24. The molecule has 6 aromatic rings. The molecule has 0 aliphatic heterocycles. The van der Waals surface area contributed by atoms with Crippen molar-refractivity contribution < 1.29 is 0 Å². The zero-order valence-electron chi connectivity index (χ0n) is 28.5. The number of rotatable bonds is 8. The van der Waals surface area contributed by atoms with E-state index in [9.17, 15) is 0 Å². The van der Waals surface area contributed by atoms with Crippen LogP contribution in [-0.2, 0) is 0 Å². The highest BCUT2D eigenvalue weighted by atomic mass is 16.1. The SMILES string of the molecule is CC(C)c1cccc(C(C)C)c1Nc1ccccc1-c1cccc2c1c(=O)n(-c1c(C(C)C)cccc1C(C)C)c1ccccc21. The van der Waals surface area contributed by atoms with Crippen LogP contribution < -0.4 is 10.9 Å². The molecule has 1 N–H and O–H groups in total. The average Bonchev–Trinajstić information content (AvgIpc) is 3.04. The second-order valence-corrected chi connectivity index (χ2v) is 13.8. The molecule has 0 aliphatic carbocycles. The predicted octanol–water partition coefficient (Wildman–Crippen LogP) is 12.0. The fraction of sp³-hybridized carbons (Fsp3) is 0.279. The molecule has 6 rings (SSSR count). The first-order valence-corrected chi connectivity index (χ1v) is 16.8. The molecule has 0 saturated carbocycles. The monoisotopic (exact) mass is 606 g/mol. The van der Waals surface area contributed by atoms with Crippen molar-refractivity contribution in [3.05, 3.63) is 136 Å². The molecule has 1 aromatic heterocycles. The Morgan fingerprint density at radius 1 is 0.500 bits per heavy atom. The molecule has 46 heavy (non-hydrogen) atoms. The van der Waals surface area contributed by atoms with Crippen molar-refractivity contribution in [1.82, 2.24) is 4.57 Å². The minimum absolute atomic E-state index is 0.0135. The number of nitrogens with one attached hydrogen (secondary N) is 1. The van der Waals surface area contributed by atoms with Crippen LogP contribution in [0, 0.1) is 0 Å². The highest BCUT2D eigenvalue weighted by molar-refractivity contribution is 6.12. The number of nitrogens with zero attached hydrogens (tertiary/aromatic N) is 1. The van der Waals surface area contributed by atoms with Crippen LogP contribution >= 0.6 is 0 Å². The minimum Gasteiger partial charge on any atom is -0.355 e. The molecule has 234 valence electrons. The third-order valence-corrected chi connectivity index (χ3v) is 9.33. The van der Waals surface area contributed by atoms with Gasteiger partial charge in [-0.1, -0.05) is 146 Å². The summed E-state index contributed by atoms with van der Waals surface area (Å²) in [5.41, 5.74) is 11.0. The first kappa shape index (κ1) is 31.4. The second-order valence-electron chi connectivity index (χ2n) is 13.8. The van der Waals surface area contributed by atoms with E-state index in [0.717, 1.165) is 49.9 Å². The Morgan fingerprint density at radius 2 is 0.978 bits per heavy atom. The van der Waals surface area contributed by atoms with Gasteiger partial charge < -0.3 is 5.32 Å². The number of aromatic nitrogens is 1. The number of hydrogen-bond donors (Lipinski definition) is 1. The second kappa shape index (κ2) is 12.6. The first-order chi connectivity index (χ1) is 22.1. The fourth-order valence-electron chi connectivity index (χ4n) is 7.00. The van der Waals surface area contributed by atoms with E-state index in [1.165, 1.54) is 22.3 Å². The van der Waals surface area contributed by atoms with Crippen LogP contribution in [0.15, 0.2) is 108 Å². The van der Waals surface area contributed by atoms with Gasteiger partial charge in [0.1, 0.15) is 0 Å². The zero-order valence-corrected chi connectivity index (χ0v) is 28.5. The number of pyridine rings is 1. The highest BCUT2D eigenvalue weighted by Gasteiger charge is 2.23. The standard InChI is InChI=1S/C43H46N2O/c1-26(2)30-18-13-19-31(27(3)4)41(30)44-38-24-11-9-16-34(38)36-22-15-23-37-35-17-10-12-25-39(35)45(43(46)40(36)37)42-32(28(5)6)20-14-21-33(42)29(7)8/h9-29,44H,1-8H3. The van der Waals surface area contributed by atoms with Crippen molar-refractivity contribution in [2.45, 2.75) is 79.1 Å². The smallest absolute Gasteiger partial charge is 0.264 e. The van der Waals surface area contributed by atoms with Crippen LogP contribution in [0.25, 0.3) is 38.5 Å². The Morgan fingerprint density at radius 3 is 1.59 bits per heavy atom. The molecule has 0 fully saturated rings. The summed E-state index contributed by atoms with van der Waals surface area (Å²) in [7, 11) is 0. The fourth-order valence-corrected chi connectivity index (χ4v) is 7.00. The number of benzene rings is 5. The quantitative estimate of drug-likeness (QED) is 0.175. The Labute approximate surface area is 273 Å². The third kappa shape index (κ3) is 5.42. The van der Waals surface area contributed by atoms with Gasteiger partial charge in [0, 0.05) is 22.3 Å². The van der Waals surface area contributed by atoms with Crippen LogP contribution in [0.2, 0.25) is 0 Å². The van der Waals surface area contributed by atoms with Crippen LogP contribution in [-0.4, -0.2) is 4.57 Å². The van der Waals surface area contributed by atoms with Crippen molar-refractivity contribution in [3.8, 4) is 16.8 Å². The number of hydrogen-bond acceptors (Lipinski definition) is 2. The van der Waals surface area contributed by atoms with Gasteiger partial charge in [0.05, 0.1) is 16.6 Å². The topological polar surface area (TPSA) is 34.0 Å². The Hall–Kier alpha value is -4.63. The molecular weight excluding hydrogens is 560 g/mol. The molecule has 0 radical (unpaired) electrons. The third-order valence-electron chi connectivity index (χ3n) is 9.33. The van der Waals surface area contributed by atoms with Gasteiger partial charge in [-0.25, -0.2) is 0 Å². The summed E-state index contributed by atoms with van der Waals surface area (Å²) in [5.74, 6) is 1.24. The van der Waals surface area contributed by atoms with E-state index in [2.05, 4.69) is 158 Å². The van der Waals surface area contributed by atoms with E-state index in [-0.39, 0.29) is 17.4 Å². The predicted molar refractivity (Wildman–Crippen MR) is 199 cm³/mol. The van der Waals surface area contributed by atoms with E-state index >= 15 is 4.79 Å². The maximum atomic E-state index is 15.2. The molecule has 0 bridgehead atoms. The molecule has 0 unspecified atom stereocenters. The van der Waals surface area contributed by atoms with Gasteiger partial charge in [-0.2, -0.15) is 0 Å². The molecular formula is C43H46N2O. The summed E-state index contributed by atoms with van der Waals surface area (Å²) in [6.07, 6.45) is 0. The summed E-state index contributed by atoms with van der Waals surface area (Å²) in [5, 5.41) is 6.67. The van der Waals surface area contributed by atoms with Gasteiger partial charge in [-0.05, 0) is 69.0 Å². The van der Waals surface area contributed by atoms with Crippen molar-refractivity contribution >= 4 is 33.1 Å². The first-order valence-electron chi connectivity index (χ1n) is 16.8. The number of anilines is 2. The normalized spacial score (nSPS) is 11.9. The highest BCUT2D eigenvalue weighted by Crippen LogP contribution is 2.41. The van der Waals surface area contributed by atoms with Crippen molar-refractivity contribution in [3.63, 3.8) is 0 Å². The number of para-hydroxylation sites is 4. The minimum atomic E-state index is 0.0135. The van der Waals surface area contributed by atoms with Crippen LogP contribution in [0.4, 0.5) is 11.4 Å². The molecule has 3 nitrogen and oxygen atoms in total. The van der Waals surface area contributed by atoms with Crippen molar-refractivity contribution in [1.29, 1.82) is 0 Å². The van der Waals surface area contributed by atoms with Crippen LogP contribution in [0.1, 0.15) is 101 Å². The zero-order chi connectivity index (χ0) is 32.7. The summed E-state index contributed by atoms with van der Waals surface area (Å²) < 4.78 is 2.01. The van der Waals surface area contributed by atoms with Gasteiger partial charge in [0.2, 0.25) is 0 Å². The van der Waals surface area contributed by atoms with E-state index in [1.54, 1.807) is 0 Å². The van der Waals surface area contributed by atoms with Crippen LogP contribution in [0.5, 0.6) is 0 Å². The molecule has 0 spiro atoms. The van der Waals surface area contributed by atoms with E-state index in [0.29, 0.717) is 11.8 Å². The average molecular weight is 607 g/mol.